The first-order valence-corrected chi connectivity index (χ1v) is 9.84. The summed E-state index contributed by atoms with van der Waals surface area (Å²) in [5, 5.41) is 0. The lowest BCUT2D eigenvalue weighted by molar-refractivity contribution is -0.125. The van der Waals surface area contributed by atoms with Crippen LogP contribution in [0.25, 0.3) is 0 Å². The van der Waals surface area contributed by atoms with Crippen molar-refractivity contribution in [2.75, 3.05) is 18.0 Å². The van der Waals surface area contributed by atoms with Gasteiger partial charge in [-0.1, -0.05) is 24.3 Å². The second kappa shape index (κ2) is 8.63. The largest absolute Gasteiger partial charge is 0.457 e. The summed E-state index contributed by atoms with van der Waals surface area (Å²) in [6.45, 7) is 2.78. The molecule has 0 spiro atoms. The van der Waals surface area contributed by atoms with E-state index in [0.29, 0.717) is 18.8 Å². The summed E-state index contributed by atoms with van der Waals surface area (Å²) >= 11 is 0. The lowest BCUT2D eigenvalue weighted by Gasteiger charge is -2.39. The number of para-hydroxylation sites is 1. The normalized spacial score (nSPS) is 17.2. The lowest BCUT2D eigenvalue weighted by atomic mass is 10.1. The molecular formula is C24H22F2N2O2. The van der Waals surface area contributed by atoms with Crippen LogP contribution in [-0.2, 0) is 11.3 Å². The summed E-state index contributed by atoms with van der Waals surface area (Å²) in [5.41, 5.74) is 0.761. The lowest BCUT2D eigenvalue weighted by Crippen LogP contribution is -2.55. The van der Waals surface area contributed by atoms with Gasteiger partial charge in [0.25, 0.3) is 0 Å². The van der Waals surface area contributed by atoms with Gasteiger partial charge in [0.15, 0.2) is 0 Å². The van der Waals surface area contributed by atoms with Crippen molar-refractivity contribution in [3.8, 4) is 11.5 Å². The fourth-order valence-electron chi connectivity index (χ4n) is 3.59. The first-order valence-electron chi connectivity index (χ1n) is 9.84. The molecule has 0 saturated carbocycles. The number of halogens is 2. The molecule has 1 atom stereocenters. The van der Waals surface area contributed by atoms with Gasteiger partial charge in [0.05, 0.1) is 6.04 Å². The summed E-state index contributed by atoms with van der Waals surface area (Å²) in [6.07, 6.45) is 0. The summed E-state index contributed by atoms with van der Waals surface area (Å²) < 4.78 is 33.8. The molecular weight excluding hydrogens is 386 g/mol. The Kier molecular flexibility index (Phi) is 5.77. The number of piperazine rings is 1. The average Bonchev–Trinajstić information content (AvgIpc) is 2.75. The van der Waals surface area contributed by atoms with E-state index < -0.39 is 17.7 Å². The van der Waals surface area contributed by atoms with Gasteiger partial charge in [0.1, 0.15) is 23.1 Å². The molecule has 4 rings (SSSR count). The molecule has 1 heterocycles. The van der Waals surface area contributed by atoms with Gasteiger partial charge in [0, 0.05) is 30.9 Å². The van der Waals surface area contributed by atoms with E-state index in [-0.39, 0.29) is 18.0 Å². The number of benzene rings is 3. The van der Waals surface area contributed by atoms with Gasteiger partial charge in [-0.3, -0.25) is 9.69 Å². The molecule has 3 aromatic rings. The molecule has 0 aromatic heterocycles. The van der Waals surface area contributed by atoms with Crippen molar-refractivity contribution < 1.29 is 18.3 Å². The quantitative estimate of drug-likeness (QED) is 0.596. The van der Waals surface area contributed by atoms with Crippen molar-refractivity contribution in [1.29, 1.82) is 0 Å². The number of hydrogen-bond acceptors (Lipinski definition) is 3. The van der Waals surface area contributed by atoms with Crippen LogP contribution in [0.5, 0.6) is 11.5 Å². The van der Waals surface area contributed by atoms with Crippen molar-refractivity contribution in [2.45, 2.75) is 19.5 Å². The monoisotopic (exact) mass is 408 g/mol. The number of ether oxygens (including phenoxy) is 1. The van der Waals surface area contributed by atoms with Crippen molar-refractivity contribution >= 4 is 11.6 Å². The summed E-state index contributed by atoms with van der Waals surface area (Å²) in [4.78, 5) is 16.4. The standard InChI is InChI=1S/C24H22F2N2O2/c1-17-24(29)28(15-14-27(17)16-21-22(25)8-5-9-23(21)26)18-10-12-20(13-11-18)30-19-6-3-2-4-7-19/h2-13,17H,14-16H2,1H3. The van der Waals surface area contributed by atoms with Gasteiger partial charge in [-0.25, -0.2) is 8.78 Å². The number of amides is 1. The van der Waals surface area contributed by atoms with Crippen LogP contribution in [0, 0.1) is 11.6 Å². The third kappa shape index (κ3) is 4.19. The Bertz CT molecular complexity index is 1000. The number of carbonyl (C=O) groups excluding carboxylic acids is 1. The highest BCUT2D eigenvalue weighted by Gasteiger charge is 2.33. The molecule has 1 aliphatic rings. The molecule has 6 heteroatoms. The molecule has 1 amide bonds. The molecule has 0 aliphatic carbocycles. The van der Waals surface area contributed by atoms with Crippen LogP contribution in [-0.4, -0.2) is 29.9 Å². The van der Waals surface area contributed by atoms with Crippen molar-refractivity contribution in [3.63, 3.8) is 0 Å². The first-order chi connectivity index (χ1) is 14.5. The van der Waals surface area contributed by atoms with Gasteiger partial charge < -0.3 is 9.64 Å². The zero-order chi connectivity index (χ0) is 21.1. The maximum absolute atomic E-state index is 14.0. The smallest absolute Gasteiger partial charge is 0.244 e. The highest BCUT2D eigenvalue weighted by molar-refractivity contribution is 5.97. The maximum Gasteiger partial charge on any atom is 0.244 e. The van der Waals surface area contributed by atoms with Gasteiger partial charge in [-0.15, -0.1) is 0 Å². The first kappa shape index (κ1) is 20.0. The highest BCUT2D eigenvalue weighted by Crippen LogP contribution is 2.27. The predicted octanol–water partition coefficient (Wildman–Crippen LogP) is 4.99. The molecule has 154 valence electrons. The van der Waals surface area contributed by atoms with E-state index in [4.69, 9.17) is 4.74 Å². The zero-order valence-electron chi connectivity index (χ0n) is 16.6. The van der Waals surface area contributed by atoms with Gasteiger partial charge in [-0.05, 0) is 55.5 Å². The van der Waals surface area contributed by atoms with Gasteiger partial charge >= 0.3 is 0 Å². The minimum Gasteiger partial charge on any atom is -0.457 e. The molecule has 1 aliphatic heterocycles. The summed E-state index contributed by atoms with van der Waals surface area (Å²) in [7, 11) is 0. The van der Waals surface area contributed by atoms with Crippen LogP contribution in [0.4, 0.5) is 14.5 Å². The van der Waals surface area contributed by atoms with Crippen LogP contribution in [0.15, 0.2) is 72.8 Å². The molecule has 1 fully saturated rings. The van der Waals surface area contributed by atoms with Crippen LogP contribution < -0.4 is 9.64 Å². The van der Waals surface area contributed by atoms with Crippen molar-refractivity contribution in [1.82, 2.24) is 4.90 Å². The Balaban J connectivity index is 1.44. The highest BCUT2D eigenvalue weighted by atomic mass is 19.1. The van der Waals surface area contributed by atoms with E-state index >= 15 is 0 Å². The van der Waals surface area contributed by atoms with Crippen LogP contribution >= 0.6 is 0 Å². The molecule has 3 aromatic carbocycles. The minimum atomic E-state index is -0.592. The van der Waals surface area contributed by atoms with Crippen LogP contribution in [0.1, 0.15) is 12.5 Å². The number of hydrogen-bond donors (Lipinski definition) is 0. The van der Waals surface area contributed by atoms with E-state index in [0.717, 1.165) is 11.4 Å². The van der Waals surface area contributed by atoms with E-state index in [1.165, 1.54) is 18.2 Å². The minimum absolute atomic E-state index is 0.00647. The number of carbonyl (C=O) groups is 1. The van der Waals surface area contributed by atoms with Gasteiger partial charge in [-0.2, -0.15) is 0 Å². The average molecular weight is 408 g/mol. The summed E-state index contributed by atoms with van der Waals surface area (Å²) in [5.74, 6) is 0.134. The SMILES string of the molecule is CC1C(=O)N(c2ccc(Oc3ccccc3)cc2)CCN1Cc1c(F)cccc1F. The Morgan fingerprint density at radius 3 is 2.17 bits per heavy atom. The van der Waals surface area contributed by atoms with Crippen molar-refractivity contribution in [2.24, 2.45) is 0 Å². The van der Waals surface area contributed by atoms with Crippen LogP contribution in [0.3, 0.4) is 0 Å². The Labute approximate surface area is 174 Å². The molecule has 0 N–H and O–H groups in total. The molecule has 1 unspecified atom stereocenters. The Morgan fingerprint density at radius 1 is 0.867 bits per heavy atom. The third-order valence-electron chi connectivity index (χ3n) is 5.33. The number of rotatable bonds is 5. The fourth-order valence-corrected chi connectivity index (χ4v) is 3.59. The second-order valence-electron chi connectivity index (χ2n) is 7.25. The van der Waals surface area contributed by atoms with Gasteiger partial charge in [0.2, 0.25) is 5.91 Å². The molecule has 4 nitrogen and oxygen atoms in total. The summed E-state index contributed by atoms with van der Waals surface area (Å²) in [6, 6.07) is 20.1. The predicted molar refractivity (Wildman–Crippen MR) is 112 cm³/mol. The topological polar surface area (TPSA) is 32.8 Å². The maximum atomic E-state index is 14.0. The second-order valence-corrected chi connectivity index (χ2v) is 7.25. The fraction of sp³-hybridized carbons (Fsp3) is 0.208. The van der Waals surface area contributed by atoms with E-state index in [1.807, 2.05) is 54.6 Å². The van der Waals surface area contributed by atoms with E-state index in [9.17, 15) is 13.6 Å². The van der Waals surface area contributed by atoms with Crippen molar-refractivity contribution in [3.05, 3.63) is 90.0 Å². The molecule has 0 radical (unpaired) electrons. The van der Waals surface area contributed by atoms with E-state index in [1.54, 1.807) is 16.7 Å². The molecule has 0 bridgehead atoms. The Morgan fingerprint density at radius 2 is 1.50 bits per heavy atom. The molecule has 30 heavy (non-hydrogen) atoms. The van der Waals surface area contributed by atoms with E-state index in [2.05, 4.69) is 0 Å². The Hall–Kier alpha value is -3.25. The molecule has 1 saturated heterocycles. The number of anilines is 1. The third-order valence-corrected chi connectivity index (χ3v) is 5.33. The zero-order valence-corrected chi connectivity index (χ0v) is 16.6. The van der Waals surface area contributed by atoms with Crippen LogP contribution in [0.2, 0.25) is 0 Å². The number of nitrogens with zero attached hydrogens (tertiary/aromatic N) is 2.